The Hall–Kier alpha value is -2.45. The van der Waals surface area contributed by atoms with Gasteiger partial charge in [0, 0.05) is 13.1 Å². The molecule has 1 saturated heterocycles. The molecule has 0 bridgehead atoms. The summed E-state index contributed by atoms with van der Waals surface area (Å²) >= 11 is 0. The van der Waals surface area contributed by atoms with Crippen molar-refractivity contribution < 1.29 is 32.6 Å². The molecule has 25 heavy (non-hydrogen) atoms. The molecule has 138 valence electrons. The highest BCUT2D eigenvalue weighted by molar-refractivity contribution is 5.77. The van der Waals surface area contributed by atoms with Crippen molar-refractivity contribution in [2.75, 3.05) is 20.2 Å². The van der Waals surface area contributed by atoms with Gasteiger partial charge in [-0.05, 0) is 30.5 Å². The fourth-order valence-electron chi connectivity index (χ4n) is 2.73. The van der Waals surface area contributed by atoms with E-state index in [1.807, 2.05) is 5.32 Å². The van der Waals surface area contributed by atoms with Crippen LogP contribution in [0.1, 0.15) is 24.4 Å². The highest BCUT2D eigenvalue weighted by Gasteiger charge is 2.43. The van der Waals surface area contributed by atoms with Gasteiger partial charge >= 0.3 is 18.2 Å². The van der Waals surface area contributed by atoms with Gasteiger partial charge in [0.2, 0.25) is 0 Å². The number of nitrogens with zero attached hydrogens (tertiary/aromatic N) is 1. The van der Waals surface area contributed by atoms with Crippen LogP contribution in [0.15, 0.2) is 24.3 Å². The number of rotatable bonds is 4. The molecule has 1 fully saturated rings. The lowest BCUT2D eigenvalue weighted by Gasteiger charge is -2.32. The average Bonchev–Trinajstić information content (AvgIpc) is 2.58. The van der Waals surface area contributed by atoms with Crippen LogP contribution in [0.5, 0.6) is 5.75 Å². The summed E-state index contributed by atoms with van der Waals surface area (Å²) in [5, 5.41) is 11.0. The molecule has 0 saturated carbocycles. The van der Waals surface area contributed by atoms with E-state index < -0.39 is 30.1 Å². The van der Waals surface area contributed by atoms with Gasteiger partial charge in [-0.2, -0.15) is 13.2 Å². The topological polar surface area (TPSA) is 78.9 Å². The molecule has 2 atom stereocenters. The number of halogens is 3. The zero-order chi connectivity index (χ0) is 18.6. The first kappa shape index (κ1) is 18.9. The maximum absolute atomic E-state index is 13.4. The van der Waals surface area contributed by atoms with Gasteiger partial charge in [-0.3, -0.25) is 4.79 Å². The van der Waals surface area contributed by atoms with Crippen LogP contribution in [-0.4, -0.2) is 48.4 Å². The average molecular weight is 360 g/mol. The predicted molar refractivity (Wildman–Crippen MR) is 82.3 cm³/mol. The highest BCUT2D eigenvalue weighted by atomic mass is 19.4. The van der Waals surface area contributed by atoms with Gasteiger partial charge < -0.3 is 20.1 Å². The van der Waals surface area contributed by atoms with Gasteiger partial charge in [0.05, 0.1) is 13.0 Å². The Balaban J connectivity index is 2.13. The van der Waals surface area contributed by atoms with Gasteiger partial charge in [-0.15, -0.1) is 0 Å². The summed E-state index contributed by atoms with van der Waals surface area (Å²) in [5.74, 6) is -1.42. The smallest absolute Gasteiger partial charge is 0.412 e. The number of carbonyl (C=O) groups excluding carboxylic acids is 1. The van der Waals surface area contributed by atoms with E-state index in [0.29, 0.717) is 18.6 Å². The van der Waals surface area contributed by atoms with Crippen molar-refractivity contribution in [3.05, 3.63) is 29.8 Å². The van der Waals surface area contributed by atoms with Crippen LogP contribution in [0, 0.1) is 5.92 Å². The minimum atomic E-state index is -4.69. The Kier molecular flexibility index (Phi) is 5.76. The molecule has 6 nitrogen and oxygen atoms in total. The lowest BCUT2D eigenvalue weighted by atomic mass is 9.98. The first-order chi connectivity index (χ1) is 11.7. The lowest BCUT2D eigenvalue weighted by Crippen LogP contribution is -2.50. The van der Waals surface area contributed by atoms with Crippen molar-refractivity contribution in [2.45, 2.75) is 25.1 Å². The van der Waals surface area contributed by atoms with Crippen molar-refractivity contribution in [1.82, 2.24) is 10.2 Å². The van der Waals surface area contributed by atoms with Gasteiger partial charge in [0.15, 0.2) is 6.04 Å². The van der Waals surface area contributed by atoms with Gasteiger partial charge in [-0.1, -0.05) is 12.1 Å². The van der Waals surface area contributed by atoms with Crippen LogP contribution in [0.25, 0.3) is 0 Å². The van der Waals surface area contributed by atoms with Crippen molar-refractivity contribution >= 4 is 12.0 Å². The number of urea groups is 1. The first-order valence-corrected chi connectivity index (χ1v) is 7.71. The molecule has 1 aliphatic rings. The molecule has 1 aliphatic heterocycles. The number of hydrogen-bond acceptors (Lipinski definition) is 3. The maximum atomic E-state index is 13.4. The number of likely N-dealkylation sites (tertiary alicyclic amines) is 1. The minimum Gasteiger partial charge on any atom is -0.497 e. The molecule has 1 aromatic rings. The molecule has 2 N–H and O–H groups in total. The Labute approximate surface area is 142 Å². The number of benzene rings is 1. The second-order valence-corrected chi connectivity index (χ2v) is 5.82. The van der Waals surface area contributed by atoms with E-state index in [-0.39, 0.29) is 18.7 Å². The zero-order valence-electron chi connectivity index (χ0n) is 13.5. The first-order valence-electron chi connectivity index (χ1n) is 7.71. The van der Waals surface area contributed by atoms with Crippen molar-refractivity contribution in [3.8, 4) is 5.75 Å². The van der Waals surface area contributed by atoms with Crippen LogP contribution < -0.4 is 10.1 Å². The summed E-state index contributed by atoms with van der Waals surface area (Å²) in [4.78, 5) is 24.4. The number of piperidine rings is 1. The third kappa shape index (κ3) is 4.77. The number of alkyl halides is 3. The van der Waals surface area contributed by atoms with Crippen LogP contribution in [0.4, 0.5) is 18.0 Å². The molecular formula is C16H19F3N2O4. The fourth-order valence-corrected chi connectivity index (χ4v) is 2.73. The number of carboxylic acid groups (broad SMARTS) is 1. The summed E-state index contributed by atoms with van der Waals surface area (Å²) < 4.78 is 45.0. The van der Waals surface area contributed by atoms with E-state index in [4.69, 9.17) is 9.84 Å². The fraction of sp³-hybridized carbons (Fsp3) is 0.500. The third-order valence-electron chi connectivity index (χ3n) is 4.10. The second kappa shape index (κ2) is 7.62. The number of aliphatic carboxylic acids is 1. The number of amides is 2. The van der Waals surface area contributed by atoms with Crippen LogP contribution in [0.2, 0.25) is 0 Å². The molecule has 2 rings (SSSR count). The molecule has 2 amide bonds. The van der Waals surface area contributed by atoms with Crippen molar-refractivity contribution in [3.63, 3.8) is 0 Å². The van der Waals surface area contributed by atoms with Gasteiger partial charge in [0.1, 0.15) is 5.75 Å². The predicted octanol–water partition coefficient (Wildman–Crippen LogP) is 2.80. The van der Waals surface area contributed by atoms with E-state index in [1.54, 1.807) is 0 Å². The number of carbonyl (C=O) groups is 2. The monoisotopic (exact) mass is 360 g/mol. The summed E-state index contributed by atoms with van der Waals surface area (Å²) in [5.41, 5.74) is -0.131. The van der Waals surface area contributed by atoms with Crippen LogP contribution >= 0.6 is 0 Å². The minimum absolute atomic E-state index is 0.103. The maximum Gasteiger partial charge on any atom is 0.412 e. The molecule has 0 radical (unpaired) electrons. The van der Waals surface area contributed by atoms with E-state index in [1.165, 1.54) is 31.4 Å². The summed E-state index contributed by atoms with van der Waals surface area (Å²) in [6, 6.07) is 2.10. The Bertz CT molecular complexity index is 619. The van der Waals surface area contributed by atoms with E-state index in [0.717, 1.165) is 4.90 Å². The molecule has 1 heterocycles. The molecule has 0 aromatic heterocycles. The van der Waals surface area contributed by atoms with Crippen molar-refractivity contribution in [1.29, 1.82) is 0 Å². The number of nitrogens with one attached hydrogen (secondary N) is 1. The second-order valence-electron chi connectivity index (χ2n) is 5.82. The van der Waals surface area contributed by atoms with Crippen LogP contribution in [-0.2, 0) is 4.79 Å². The summed E-state index contributed by atoms with van der Waals surface area (Å²) in [7, 11) is 1.40. The van der Waals surface area contributed by atoms with Gasteiger partial charge in [0.25, 0.3) is 0 Å². The Morgan fingerprint density at radius 3 is 2.48 bits per heavy atom. The van der Waals surface area contributed by atoms with Crippen LogP contribution in [0.3, 0.4) is 0 Å². The lowest BCUT2D eigenvalue weighted by molar-refractivity contribution is -0.155. The molecule has 9 heteroatoms. The standard InChI is InChI=1S/C16H19F3N2O4/c1-25-12-6-4-10(5-7-12)13(16(17,18)19)20-15(24)21-8-2-3-11(9-21)14(22)23/h4-7,11,13H,2-3,8-9H2,1H3,(H,20,24)(H,22,23). The quantitative estimate of drug-likeness (QED) is 0.865. The highest BCUT2D eigenvalue weighted by Crippen LogP contribution is 2.33. The van der Waals surface area contributed by atoms with E-state index in [2.05, 4.69) is 0 Å². The largest absolute Gasteiger partial charge is 0.497 e. The molecule has 0 spiro atoms. The molecule has 0 aliphatic carbocycles. The third-order valence-corrected chi connectivity index (χ3v) is 4.10. The van der Waals surface area contributed by atoms with Crippen molar-refractivity contribution in [2.24, 2.45) is 5.92 Å². The molecule has 2 unspecified atom stereocenters. The Morgan fingerprint density at radius 2 is 1.96 bits per heavy atom. The summed E-state index contributed by atoms with van der Waals surface area (Å²) in [6.45, 7) is 0.122. The Morgan fingerprint density at radius 1 is 1.32 bits per heavy atom. The van der Waals surface area contributed by atoms with E-state index >= 15 is 0 Å². The summed E-state index contributed by atoms with van der Waals surface area (Å²) in [6.07, 6.45) is -3.85. The molecular weight excluding hydrogens is 341 g/mol. The SMILES string of the molecule is COc1ccc(C(NC(=O)N2CCCC(C(=O)O)C2)C(F)(F)F)cc1. The molecule has 1 aromatic carbocycles. The normalized spacial score (nSPS) is 19.2. The number of methoxy groups -OCH3 is 1. The van der Waals surface area contributed by atoms with E-state index in [9.17, 15) is 22.8 Å². The number of carboxylic acids is 1. The number of ether oxygens (including phenoxy) is 1. The number of hydrogen-bond donors (Lipinski definition) is 2. The van der Waals surface area contributed by atoms with Gasteiger partial charge in [-0.25, -0.2) is 4.79 Å². The zero-order valence-corrected chi connectivity index (χ0v) is 13.5.